The van der Waals surface area contributed by atoms with Crippen molar-refractivity contribution < 1.29 is 50.5 Å². The highest BCUT2D eigenvalue weighted by Gasteiger charge is 2.33. The molecular formula is C85H104N32O11S2. The van der Waals surface area contributed by atoms with Crippen molar-refractivity contribution >= 4 is 111 Å². The maximum absolute atomic E-state index is 13.4. The number of benzene rings is 2. The Morgan fingerprint density at radius 2 is 0.823 bits per heavy atom. The largest absolute Gasteiger partial charge is 0.386 e. The second kappa shape index (κ2) is 37.8. The molecular weight excluding hydrogens is 1710 g/mol. The summed E-state index contributed by atoms with van der Waals surface area (Å²) in [4.78, 5) is 77.9. The summed E-state index contributed by atoms with van der Waals surface area (Å²) >= 11 is 0. The maximum Gasteiger partial charge on any atom is 0.255 e. The number of aromatic nitrogens is 20. The van der Waals surface area contributed by atoms with Crippen molar-refractivity contribution in [3.05, 3.63) is 145 Å². The molecule has 7 saturated heterocycles. The van der Waals surface area contributed by atoms with E-state index in [1.165, 1.54) is 10.6 Å². The van der Waals surface area contributed by atoms with E-state index in [-0.39, 0.29) is 42.6 Å². The van der Waals surface area contributed by atoms with Crippen LogP contribution in [0, 0.1) is 0 Å². The molecule has 2 aromatic carbocycles. The monoisotopic (exact) mass is 1810 g/mol. The molecule has 0 bridgehead atoms. The second-order valence-electron chi connectivity index (χ2n) is 33.2. The molecule has 21 rings (SSSR count). The average Bonchev–Trinajstić information content (AvgIpc) is 1.56. The minimum atomic E-state index is -3.27. The van der Waals surface area contributed by atoms with E-state index in [2.05, 4.69) is 88.1 Å². The highest BCUT2D eigenvalue weighted by Crippen LogP contribution is 2.36. The third kappa shape index (κ3) is 19.4. The number of anilines is 6. The number of carbonyl (C=O) groups is 2. The molecule has 130 heavy (non-hydrogen) atoms. The number of aliphatic hydroxyl groups is 1. The van der Waals surface area contributed by atoms with Crippen LogP contribution in [0.2, 0.25) is 0 Å². The number of nitrogen functional groups attached to an aromatic ring is 2. The fourth-order valence-corrected chi connectivity index (χ4v) is 18.8. The summed E-state index contributed by atoms with van der Waals surface area (Å²) in [6.45, 7) is 26.5. The van der Waals surface area contributed by atoms with Gasteiger partial charge in [-0.05, 0) is 68.3 Å². The number of rotatable bonds is 17. The van der Waals surface area contributed by atoms with Crippen molar-refractivity contribution in [2.24, 2.45) is 0 Å². The van der Waals surface area contributed by atoms with Crippen molar-refractivity contribution in [2.45, 2.75) is 46.4 Å². The quantitative estimate of drug-likeness (QED) is 0.0870. The molecule has 2 amide bonds. The first-order valence-corrected chi connectivity index (χ1v) is 46.9. The van der Waals surface area contributed by atoms with Gasteiger partial charge in [-0.25, -0.2) is 74.8 Å². The predicted octanol–water partition coefficient (Wildman–Crippen LogP) is 3.50. The molecule has 45 heteroatoms. The Morgan fingerprint density at radius 3 is 1.23 bits per heavy atom. The number of piperazine rings is 3. The minimum absolute atomic E-state index is 0.141. The number of amides is 2. The highest BCUT2D eigenvalue weighted by molar-refractivity contribution is 7.89. The van der Waals surface area contributed by atoms with Gasteiger partial charge in [-0.3, -0.25) is 29.6 Å². The Labute approximate surface area is 748 Å². The summed E-state index contributed by atoms with van der Waals surface area (Å²) in [5, 5.41) is 45.6. The van der Waals surface area contributed by atoms with Crippen LogP contribution in [0.3, 0.4) is 0 Å². The lowest BCUT2D eigenvalue weighted by Gasteiger charge is -2.33. The van der Waals surface area contributed by atoms with E-state index < -0.39 is 25.6 Å². The van der Waals surface area contributed by atoms with Crippen LogP contribution in [0.5, 0.6) is 0 Å². The topological polar surface area (TPSA) is 474 Å². The van der Waals surface area contributed by atoms with Crippen molar-refractivity contribution in [2.75, 3.05) is 227 Å². The zero-order chi connectivity index (χ0) is 90.0. The molecule has 7 aliphatic rings. The van der Waals surface area contributed by atoms with Gasteiger partial charge in [0.05, 0.1) is 111 Å². The van der Waals surface area contributed by atoms with E-state index in [0.29, 0.717) is 152 Å². The van der Waals surface area contributed by atoms with Crippen LogP contribution in [0.1, 0.15) is 54.7 Å². The SMILES string of the molecule is CC(=O)N1CCN(Cc2cc3c(N4CCOCC4)nc(-c4cnc(N)nc4)nn3c2)CC1.CC(C)(O)c1cc2c(N3CCOCC3)nc(-c3cccc4[nH]ncc34)nn2c1.CCS(=O)(=O)N1CCN(Cc2cc3c(N4CCOCC4)nc(-c4cnc(N)nc4)nn3c2)CC1.CS(=O)(=O)N1CCN(C(=O)c2cc3c(N4CCOCC4)nc(-c4cccc5[nH]ncc45)nn3c2)CC1. The third-order valence-corrected chi connectivity index (χ3v) is 27.3. The van der Waals surface area contributed by atoms with Crippen LogP contribution in [0.4, 0.5) is 35.2 Å². The molecule has 7 aliphatic heterocycles. The Bertz CT molecular complexity index is 6630. The smallest absolute Gasteiger partial charge is 0.255 e. The van der Waals surface area contributed by atoms with E-state index in [1.54, 1.807) is 84.8 Å². The van der Waals surface area contributed by atoms with E-state index in [4.69, 9.17) is 70.7 Å². The lowest BCUT2D eigenvalue weighted by Crippen LogP contribution is -2.50. The van der Waals surface area contributed by atoms with Gasteiger partial charge in [0.1, 0.15) is 22.1 Å². The molecule has 0 aliphatic carbocycles. The van der Waals surface area contributed by atoms with Gasteiger partial charge in [-0.1, -0.05) is 24.3 Å². The van der Waals surface area contributed by atoms with Crippen LogP contribution < -0.4 is 31.1 Å². The first-order chi connectivity index (χ1) is 62.9. The van der Waals surface area contributed by atoms with Crippen molar-refractivity contribution in [1.29, 1.82) is 0 Å². The van der Waals surface area contributed by atoms with Crippen molar-refractivity contribution in [3.8, 4) is 45.6 Å². The van der Waals surface area contributed by atoms with E-state index >= 15 is 0 Å². The zero-order valence-electron chi connectivity index (χ0n) is 73.0. The van der Waals surface area contributed by atoms with E-state index in [9.17, 15) is 31.5 Å². The number of nitrogens with one attached hydrogen (secondary N) is 2. The normalized spacial score (nSPS) is 17.5. The summed E-state index contributed by atoms with van der Waals surface area (Å²) in [7, 11) is -6.41. The van der Waals surface area contributed by atoms with E-state index in [0.717, 1.165) is 167 Å². The molecule has 7 fully saturated rings. The van der Waals surface area contributed by atoms with Crippen molar-refractivity contribution in [3.63, 3.8) is 0 Å². The number of nitrogens with two attached hydrogens (primary N) is 2. The molecule has 12 aromatic heterocycles. The fraction of sp³-hybridized carbons (Fsp3) is 0.435. The number of aromatic amines is 2. The van der Waals surface area contributed by atoms with Gasteiger partial charge in [0.15, 0.2) is 46.6 Å². The summed E-state index contributed by atoms with van der Waals surface area (Å²) in [6.07, 6.45) is 19.0. The number of hydrogen-bond donors (Lipinski definition) is 5. The number of nitrogens with zero attached hydrogens (tertiary/aromatic N) is 28. The summed E-state index contributed by atoms with van der Waals surface area (Å²) in [5.41, 5.74) is 22.4. The average molecular weight is 1810 g/mol. The Kier molecular flexibility index (Phi) is 25.6. The minimum Gasteiger partial charge on any atom is -0.386 e. The van der Waals surface area contributed by atoms with Crippen molar-refractivity contribution in [1.82, 2.24) is 127 Å². The van der Waals surface area contributed by atoms with Gasteiger partial charge in [0.2, 0.25) is 37.9 Å². The number of carbonyl (C=O) groups excluding carboxylic acids is 2. The Morgan fingerprint density at radius 1 is 0.454 bits per heavy atom. The predicted molar refractivity (Wildman–Crippen MR) is 487 cm³/mol. The molecule has 7 N–H and O–H groups in total. The van der Waals surface area contributed by atoms with Crippen LogP contribution in [0.25, 0.3) is 89.4 Å². The summed E-state index contributed by atoms with van der Waals surface area (Å²) < 4.78 is 80.4. The van der Waals surface area contributed by atoms with Crippen LogP contribution in [-0.4, -0.2) is 356 Å². The molecule has 0 unspecified atom stereocenters. The molecule has 14 aromatic rings. The molecule has 0 saturated carbocycles. The number of ether oxygens (including phenoxy) is 4. The number of sulfonamides is 2. The Balaban J connectivity index is 0.000000117. The number of fused-ring (bicyclic) bond motifs is 6. The molecule has 19 heterocycles. The van der Waals surface area contributed by atoms with Gasteiger partial charge in [-0.15, -0.1) is 20.4 Å². The number of hydrogen-bond acceptors (Lipinski definition) is 33. The molecule has 0 spiro atoms. The van der Waals surface area contributed by atoms with Gasteiger partial charge >= 0.3 is 0 Å². The van der Waals surface area contributed by atoms with Crippen LogP contribution >= 0.6 is 0 Å². The maximum atomic E-state index is 13.4. The van der Waals surface area contributed by atoms with E-state index in [1.807, 2.05) is 79.4 Å². The summed E-state index contributed by atoms with van der Waals surface area (Å²) in [6, 6.07) is 19.8. The highest BCUT2D eigenvalue weighted by atomic mass is 32.2. The number of H-pyrrole nitrogens is 2. The first-order valence-electron chi connectivity index (χ1n) is 43.4. The van der Waals surface area contributed by atoms with Gasteiger partial charge in [-0.2, -0.15) is 18.8 Å². The first kappa shape index (κ1) is 88.0. The van der Waals surface area contributed by atoms with Gasteiger partial charge in [0, 0.05) is 228 Å². The lowest BCUT2D eigenvalue weighted by atomic mass is 10.0. The second-order valence-corrected chi connectivity index (χ2v) is 37.5. The number of morpholine rings is 4. The zero-order valence-corrected chi connectivity index (χ0v) is 74.6. The molecule has 0 radical (unpaired) electrons. The van der Waals surface area contributed by atoms with Crippen LogP contribution in [0.15, 0.2) is 123 Å². The molecule has 682 valence electrons. The van der Waals surface area contributed by atoms with Gasteiger partial charge in [0.25, 0.3) is 5.91 Å². The molecule has 0 atom stereocenters. The summed E-state index contributed by atoms with van der Waals surface area (Å²) in [5.74, 6) is 6.10. The fourth-order valence-electron chi connectivity index (χ4n) is 16.9. The van der Waals surface area contributed by atoms with Crippen LogP contribution in [-0.2, 0) is 62.5 Å². The standard InChI is InChI=1S/C23H26N8O4S.C21H29N9O3S.C21H27N9O2.C20H22N6O2/c1-36(33,34)30-7-5-29(6-8-30)23(32)16-13-20-22(28-9-11-35-12-10-28)25-21(27-31(20)15-16)17-3-2-4-19-18(17)14-24-26-19;1-2-34(31,32)29-5-3-27(4-6-29)14-16-11-18-20(28-7-9-33-10-8-28)25-19(26-30(18)15-16)17-12-23-21(22)24-13-17;1-15(31)28-4-2-27(3-5-28)13-16-10-18-20(29-6-8-32-9-7-29)25-19(26-30(18)14-16)17-11-23-21(22)24-12-17;1-20(2,27)13-10-17-19(25-6-8-28-9-7-25)22-18(24-26(17)12-13)14-4-3-5-16-15(14)11-21-23-16/h2-4,13-15H,5-12H2,1H3,(H,24,26);11-13,15H,2-10,14H2,1H3,(H2,22,23,24);10-12,14H,2-9,13H2,1H3,(H2,22,23,24);3-5,10-12,27H,6-9H2,1-2H3,(H,21,23). The lowest BCUT2D eigenvalue weighted by molar-refractivity contribution is -0.130. The van der Waals surface area contributed by atoms with Gasteiger partial charge < -0.3 is 64.9 Å². The molecule has 43 nitrogen and oxygen atoms in total. The third-order valence-electron chi connectivity index (χ3n) is 24.1. The Hall–Kier alpha value is -12.7.